The Morgan fingerprint density at radius 1 is 1.40 bits per heavy atom. The lowest BCUT2D eigenvalue weighted by Gasteiger charge is -2.10. The van der Waals surface area contributed by atoms with E-state index in [1.54, 1.807) is 0 Å². The molecule has 0 saturated carbocycles. The van der Waals surface area contributed by atoms with Crippen molar-refractivity contribution in [2.24, 2.45) is 5.73 Å². The van der Waals surface area contributed by atoms with Crippen molar-refractivity contribution < 1.29 is 23.1 Å². The molecular weight excluding hydrogens is 211 g/mol. The third-order valence-corrected chi connectivity index (χ3v) is 1.86. The van der Waals surface area contributed by atoms with Crippen LogP contribution in [0.2, 0.25) is 0 Å². The van der Waals surface area contributed by atoms with Crippen LogP contribution in [0.5, 0.6) is 0 Å². The first-order chi connectivity index (χ1) is 6.86. The number of nitrogens with two attached hydrogens (primary N) is 1. The molecule has 0 bridgehead atoms. The zero-order valence-corrected chi connectivity index (χ0v) is 7.51. The van der Waals surface area contributed by atoms with Crippen LogP contribution < -0.4 is 5.73 Å². The number of hydrogen-bond donors (Lipinski definition) is 2. The number of carboxylic acids is 1. The molecule has 0 spiro atoms. The van der Waals surface area contributed by atoms with Crippen LogP contribution in [0.25, 0.3) is 0 Å². The van der Waals surface area contributed by atoms with Gasteiger partial charge in [-0.2, -0.15) is 13.2 Å². The molecule has 1 rings (SSSR count). The van der Waals surface area contributed by atoms with Gasteiger partial charge in [-0.25, -0.2) is 4.79 Å². The maximum atomic E-state index is 12.3. The fraction of sp³-hybridized carbons (Fsp3) is 0.222. The monoisotopic (exact) mass is 219 g/mol. The van der Waals surface area contributed by atoms with E-state index in [9.17, 15) is 18.0 Å². The number of carbonyl (C=O) groups is 1. The summed E-state index contributed by atoms with van der Waals surface area (Å²) in [6.45, 7) is -0.00157. The van der Waals surface area contributed by atoms with E-state index in [4.69, 9.17) is 10.8 Å². The Bertz CT molecular complexity index is 387. The summed E-state index contributed by atoms with van der Waals surface area (Å²) in [6, 6.07) is 2.83. The Hall–Kier alpha value is -1.56. The number of rotatable bonds is 2. The summed E-state index contributed by atoms with van der Waals surface area (Å²) in [5, 5.41) is 8.61. The molecule has 82 valence electrons. The Labute approximate surface area is 83.3 Å². The maximum Gasteiger partial charge on any atom is 0.417 e. The van der Waals surface area contributed by atoms with E-state index in [-0.39, 0.29) is 6.54 Å². The summed E-state index contributed by atoms with van der Waals surface area (Å²) in [5.74, 6) is -1.61. The molecule has 1 aromatic carbocycles. The average Bonchev–Trinajstić information content (AvgIpc) is 2.15. The van der Waals surface area contributed by atoms with Crippen LogP contribution in [0, 0.1) is 0 Å². The van der Waals surface area contributed by atoms with E-state index in [0.29, 0.717) is 5.56 Å². The normalized spacial score (nSPS) is 11.5. The summed E-state index contributed by atoms with van der Waals surface area (Å²) in [5.41, 5.74) is 3.62. The molecule has 0 heterocycles. The first-order valence-electron chi connectivity index (χ1n) is 3.99. The highest BCUT2D eigenvalue weighted by molar-refractivity contribution is 5.89. The number of alkyl halides is 3. The average molecular weight is 219 g/mol. The Morgan fingerprint density at radius 3 is 2.40 bits per heavy atom. The quantitative estimate of drug-likeness (QED) is 0.797. The SMILES string of the molecule is NCc1ccc(C(F)(F)F)c(C(=O)O)c1. The Balaban J connectivity index is 3.34. The van der Waals surface area contributed by atoms with E-state index in [1.807, 2.05) is 0 Å². The van der Waals surface area contributed by atoms with Crippen LogP contribution in [-0.2, 0) is 12.7 Å². The van der Waals surface area contributed by atoms with Gasteiger partial charge in [0.05, 0.1) is 11.1 Å². The first kappa shape index (κ1) is 11.5. The summed E-state index contributed by atoms with van der Waals surface area (Å²) in [4.78, 5) is 10.6. The lowest BCUT2D eigenvalue weighted by atomic mass is 10.0. The molecule has 0 amide bonds. The van der Waals surface area contributed by atoms with Crippen molar-refractivity contribution >= 4 is 5.97 Å². The van der Waals surface area contributed by atoms with Gasteiger partial charge in [-0.1, -0.05) is 6.07 Å². The number of benzene rings is 1. The molecule has 3 nitrogen and oxygen atoms in total. The highest BCUT2D eigenvalue weighted by atomic mass is 19.4. The van der Waals surface area contributed by atoms with E-state index in [1.165, 1.54) is 0 Å². The topological polar surface area (TPSA) is 63.3 Å². The molecule has 6 heteroatoms. The maximum absolute atomic E-state index is 12.3. The van der Waals surface area contributed by atoms with Crippen LogP contribution in [0.4, 0.5) is 13.2 Å². The third-order valence-electron chi connectivity index (χ3n) is 1.86. The molecule has 0 aliphatic carbocycles. The molecule has 3 N–H and O–H groups in total. The van der Waals surface area contributed by atoms with Crippen LogP contribution >= 0.6 is 0 Å². The van der Waals surface area contributed by atoms with Crippen molar-refractivity contribution in [1.82, 2.24) is 0 Å². The van der Waals surface area contributed by atoms with Gasteiger partial charge in [0.1, 0.15) is 0 Å². The minimum absolute atomic E-state index is 0.00157. The zero-order chi connectivity index (χ0) is 11.6. The van der Waals surface area contributed by atoms with Gasteiger partial charge < -0.3 is 10.8 Å². The van der Waals surface area contributed by atoms with E-state index < -0.39 is 23.3 Å². The summed E-state index contributed by atoms with van der Waals surface area (Å²) >= 11 is 0. The van der Waals surface area contributed by atoms with Gasteiger partial charge in [0.15, 0.2) is 0 Å². The minimum atomic E-state index is -4.67. The highest BCUT2D eigenvalue weighted by Crippen LogP contribution is 2.32. The van der Waals surface area contributed by atoms with E-state index >= 15 is 0 Å². The fourth-order valence-electron chi connectivity index (χ4n) is 1.14. The molecule has 0 unspecified atom stereocenters. The molecule has 0 atom stereocenters. The van der Waals surface area contributed by atoms with Crippen molar-refractivity contribution in [3.8, 4) is 0 Å². The van der Waals surface area contributed by atoms with Crippen LogP contribution in [0.15, 0.2) is 18.2 Å². The molecule has 1 aromatic rings. The van der Waals surface area contributed by atoms with Crippen molar-refractivity contribution in [1.29, 1.82) is 0 Å². The highest BCUT2D eigenvalue weighted by Gasteiger charge is 2.35. The van der Waals surface area contributed by atoms with Crippen LogP contribution in [0.3, 0.4) is 0 Å². The molecule has 15 heavy (non-hydrogen) atoms. The molecule has 0 radical (unpaired) electrons. The second-order valence-corrected chi connectivity index (χ2v) is 2.89. The van der Waals surface area contributed by atoms with Gasteiger partial charge in [0.25, 0.3) is 0 Å². The van der Waals surface area contributed by atoms with Gasteiger partial charge in [-0.15, -0.1) is 0 Å². The van der Waals surface area contributed by atoms with Gasteiger partial charge in [-0.05, 0) is 17.7 Å². The van der Waals surface area contributed by atoms with Crippen molar-refractivity contribution in [3.05, 3.63) is 34.9 Å². The van der Waals surface area contributed by atoms with Crippen molar-refractivity contribution in [2.45, 2.75) is 12.7 Å². The number of halogens is 3. The zero-order valence-electron chi connectivity index (χ0n) is 7.51. The van der Waals surface area contributed by atoms with E-state index in [0.717, 1.165) is 18.2 Å². The standard InChI is InChI=1S/C9H8F3NO2/c10-9(11,12)7-2-1-5(4-13)3-6(7)8(14)15/h1-3H,4,13H2,(H,14,15). The van der Waals surface area contributed by atoms with Gasteiger partial charge in [0, 0.05) is 6.54 Å². The van der Waals surface area contributed by atoms with Gasteiger partial charge >= 0.3 is 12.1 Å². The third kappa shape index (κ3) is 2.47. The largest absolute Gasteiger partial charge is 0.478 e. The van der Waals surface area contributed by atoms with Gasteiger partial charge in [0.2, 0.25) is 0 Å². The molecule has 0 saturated heterocycles. The predicted molar refractivity (Wildman–Crippen MR) is 46.3 cm³/mol. The van der Waals surface area contributed by atoms with E-state index in [2.05, 4.69) is 0 Å². The Morgan fingerprint density at radius 2 is 2.00 bits per heavy atom. The number of aromatic carboxylic acids is 1. The first-order valence-corrected chi connectivity index (χ1v) is 3.99. The fourth-order valence-corrected chi connectivity index (χ4v) is 1.14. The smallest absolute Gasteiger partial charge is 0.417 e. The van der Waals surface area contributed by atoms with Crippen molar-refractivity contribution in [2.75, 3.05) is 0 Å². The lowest BCUT2D eigenvalue weighted by Crippen LogP contribution is -2.13. The molecule has 0 aliphatic rings. The Kier molecular flexibility index (Phi) is 2.99. The molecule has 0 aromatic heterocycles. The second kappa shape index (κ2) is 3.90. The molecular formula is C9H8F3NO2. The summed E-state index contributed by atoms with van der Waals surface area (Å²) < 4.78 is 37.0. The lowest BCUT2D eigenvalue weighted by molar-refractivity contribution is -0.138. The molecule has 0 aliphatic heterocycles. The van der Waals surface area contributed by atoms with Crippen molar-refractivity contribution in [3.63, 3.8) is 0 Å². The number of carboxylic acid groups (broad SMARTS) is 1. The summed E-state index contributed by atoms with van der Waals surface area (Å²) in [7, 11) is 0. The van der Waals surface area contributed by atoms with Crippen LogP contribution in [-0.4, -0.2) is 11.1 Å². The number of hydrogen-bond acceptors (Lipinski definition) is 2. The second-order valence-electron chi connectivity index (χ2n) is 2.89. The summed E-state index contributed by atoms with van der Waals surface area (Å²) in [6.07, 6.45) is -4.67. The molecule has 0 fully saturated rings. The predicted octanol–water partition coefficient (Wildman–Crippen LogP) is 1.86. The van der Waals surface area contributed by atoms with Crippen LogP contribution in [0.1, 0.15) is 21.5 Å². The van der Waals surface area contributed by atoms with Gasteiger partial charge in [-0.3, -0.25) is 0 Å². The minimum Gasteiger partial charge on any atom is -0.478 e.